The molecule has 4 heteroatoms. The molecule has 0 amide bonds. The first kappa shape index (κ1) is 2.68. The predicted molar refractivity (Wildman–Crippen MR) is 26.7 cm³/mol. The molecule has 0 aromatic heterocycles. The number of rotatable bonds is 0. The van der Waals surface area contributed by atoms with Crippen molar-refractivity contribution in [3.8, 4) is 0 Å². The largest absolute Gasteiger partial charge is 0.385 e. The third-order valence-electron chi connectivity index (χ3n) is 0.516. The van der Waals surface area contributed by atoms with E-state index < -0.39 is 0 Å². The Morgan fingerprint density at radius 2 is 2.00 bits per heavy atom. The van der Waals surface area contributed by atoms with Crippen LogP contribution in [-0.2, 0) is 0 Å². The van der Waals surface area contributed by atoms with Crippen molar-refractivity contribution < 1.29 is 0 Å². The first-order valence-corrected chi connectivity index (χ1v) is 9.90. The SMILES string of the molecule is N1=[SiH][SiH2][SiH2]1. The first-order chi connectivity index (χ1) is 2.00. The monoisotopic (exact) mass is 103 g/mol. The number of nitrogens with zero attached hydrogens (tertiary/aromatic N) is 1. The second-order valence-corrected chi connectivity index (χ2v) is 13.1. The summed E-state index contributed by atoms with van der Waals surface area (Å²) in [7, 11) is 1.85. The van der Waals surface area contributed by atoms with Crippen molar-refractivity contribution in [1.82, 2.24) is 0 Å². The maximum Gasteiger partial charge on any atom is 0.120 e. The van der Waals surface area contributed by atoms with Gasteiger partial charge in [-0.15, -0.1) is 0 Å². The van der Waals surface area contributed by atoms with Crippen LogP contribution in [0.1, 0.15) is 0 Å². The van der Waals surface area contributed by atoms with Crippen LogP contribution in [0.2, 0.25) is 0 Å². The lowest BCUT2D eigenvalue weighted by Gasteiger charge is -1.90. The Morgan fingerprint density at radius 3 is 2.00 bits per heavy atom. The molecular weight excluding hydrogens is 98.3 g/mol. The molecule has 1 heterocycles. The lowest BCUT2D eigenvalue weighted by atomic mass is 13.9. The van der Waals surface area contributed by atoms with Crippen molar-refractivity contribution in [2.24, 2.45) is 4.30 Å². The van der Waals surface area contributed by atoms with Gasteiger partial charge >= 0.3 is 0 Å². The van der Waals surface area contributed by atoms with E-state index in [9.17, 15) is 0 Å². The summed E-state index contributed by atoms with van der Waals surface area (Å²) in [4.78, 5) is 0. The van der Waals surface area contributed by atoms with Gasteiger partial charge in [-0.3, -0.25) is 0 Å². The molecule has 1 nitrogen and oxygen atoms in total. The van der Waals surface area contributed by atoms with Gasteiger partial charge in [0.25, 0.3) is 0 Å². The maximum absolute atomic E-state index is 4.20. The van der Waals surface area contributed by atoms with Crippen LogP contribution in [0.3, 0.4) is 0 Å². The van der Waals surface area contributed by atoms with E-state index in [1.54, 1.807) is 0 Å². The van der Waals surface area contributed by atoms with Crippen molar-refractivity contribution in [2.75, 3.05) is 0 Å². The third kappa shape index (κ3) is 0.260. The Balaban J connectivity index is 2.47. The molecular formula is H5NSi3. The molecule has 0 atom stereocenters. The highest BCUT2D eigenvalue weighted by atomic mass is 29.5. The maximum atomic E-state index is 4.20. The molecule has 1 rings (SSSR count). The predicted octanol–water partition coefficient (Wildman–Crippen LogP) is -2.30. The van der Waals surface area contributed by atoms with Gasteiger partial charge in [0.1, 0.15) is 9.20 Å². The summed E-state index contributed by atoms with van der Waals surface area (Å²) in [5.74, 6) is 0. The molecule has 0 fully saturated rings. The molecule has 1 aliphatic rings. The molecule has 0 aromatic carbocycles. The second kappa shape index (κ2) is 1.05. The molecule has 22 valence electrons. The zero-order valence-corrected chi connectivity index (χ0v) is 6.42. The minimum atomic E-state index is 0.406. The van der Waals surface area contributed by atoms with Crippen molar-refractivity contribution in [1.29, 1.82) is 0 Å². The van der Waals surface area contributed by atoms with Gasteiger partial charge < -0.3 is 4.30 Å². The Labute approximate surface area is 31.7 Å². The summed E-state index contributed by atoms with van der Waals surface area (Å²) in [5, 5.41) is 0. The van der Waals surface area contributed by atoms with Crippen LogP contribution in [0.4, 0.5) is 0 Å². The first-order valence-electron chi connectivity index (χ1n) is 1.48. The van der Waals surface area contributed by atoms with Gasteiger partial charge in [-0.2, -0.15) is 0 Å². The quantitative estimate of drug-likeness (QED) is 0.306. The van der Waals surface area contributed by atoms with Gasteiger partial charge in [-0.1, -0.05) is 0 Å². The highest BCUT2D eigenvalue weighted by Gasteiger charge is 1.86. The molecule has 0 unspecified atom stereocenters. The fourth-order valence-corrected chi connectivity index (χ4v) is 3.49. The zero-order valence-electron chi connectivity index (χ0n) is 2.44. The van der Waals surface area contributed by atoms with Crippen LogP contribution in [0.5, 0.6) is 0 Å². The topological polar surface area (TPSA) is 12.4 Å². The van der Waals surface area contributed by atoms with Gasteiger partial charge in [0.05, 0.1) is 17.4 Å². The molecule has 0 bridgehead atoms. The molecule has 0 aliphatic carbocycles. The van der Waals surface area contributed by atoms with Gasteiger partial charge in [-0.25, -0.2) is 0 Å². The summed E-state index contributed by atoms with van der Waals surface area (Å²) in [6.45, 7) is 0. The zero-order chi connectivity index (χ0) is 2.83. The minimum absolute atomic E-state index is 0.406. The van der Waals surface area contributed by atoms with Crippen molar-refractivity contribution in [3.63, 3.8) is 0 Å². The summed E-state index contributed by atoms with van der Waals surface area (Å²) in [6, 6.07) is 0. The molecule has 4 heavy (non-hydrogen) atoms. The molecule has 0 N–H and O–H groups in total. The Kier molecular flexibility index (Phi) is 0.700. The molecule has 0 aromatic rings. The highest BCUT2D eigenvalue weighted by molar-refractivity contribution is 7.33. The van der Waals surface area contributed by atoms with E-state index in [0.717, 1.165) is 8.83 Å². The molecule has 0 saturated carbocycles. The lowest BCUT2D eigenvalue weighted by molar-refractivity contribution is 1.97. The van der Waals surface area contributed by atoms with Crippen LogP contribution < -0.4 is 0 Å². The average molecular weight is 103 g/mol. The number of hydrogen-bond donors (Lipinski definition) is 0. The van der Waals surface area contributed by atoms with Gasteiger partial charge in [-0.05, 0) is 0 Å². The van der Waals surface area contributed by atoms with Crippen molar-refractivity contribution in [3.05, 3.63) is 0 Å². The molecule has 1 aliphatic heterocycles. The van der Waals surface area contributed by atoms with E-state index in [-0.39, 0.29) is 0 Å². The molecule has 0 saturated heterocycles. The van der Waals surface area contributed by atoms with Crippen molar-refractivity contribution in [2.45, 2.75) is 0 Å². The van der Waals surface area contributed by atoms with Crippen LogP contribution in [0.15, 0.2) is 4.30 Å². The van der Waals surface area contributed by atoms with Crippen molar-refractivity contribution >= 4 is 26.6 Å². The van der Waals surface area contributed by atoms with E-state index in [0.29, 0.717) is 17.8 Å². The Hall–Kier alpha value is 0.451. The average Bonchev–Trinajstić information content (AvgIpc) is 0.722. The lowest BCUT2D eigenvalue weighted by Crippen LogP contribution is -2.14. The fraction of sp³-hybridized carbons (Fsp3) is 0. The van der Waals surface area contributed by atoms with Gasteiger partial charge in [0.2, 0.25) is 0 Å². The normalized spacial score (nSPS) is 32.0. The van der Waals surface area contributed by atoms with Crippen LogP contribution in [0, 0.1) is 0 Å². The van der Waals surface area contributed by atoms with Gasteiger partial charge in [0.15, 0.2) is 0 Å². The van der Waals surface area contributed by atoms with Crippen LogP contribution >= 0.6 is 0 Å². The third-order valence-corrected chi connectivity index (χ3v) is 13.9. The standard InChI is InChI=1S/H5NSi3/c1-2-4-3-1/h2H,3-4H2. The van der Waals surface area contributed by atoms with Crippen LogP contribution in [0.25, 0.3) is 0 Å². The number of hydrogen-bond acceptors (Lipinski definition) is 1. The molecule has 0 radical (unpaired) electrons. The summed E-state index contributed by atoms with van der Waals surface area (Å²) in [6.07, 6.45) is 0. The van der Waals surface area contributed by atoms with Gasteiger partial charge in [0, 0.05) is 0 Å². The molecule has 0 spiro atoms. The summed E-state index contributed by atoms with van der Waals surface area (Å²) >= 11 is 0. The Morgan fingerprint density at radius 1 is 1.75 bits per heavy atom. The van der Waals surface area contributed by atoms with E-state index in [1.807, 2.05) is 0 Å². The minimum Gasteiger partial charge on any atom is -0.385 e. The van der Waals surface area contributed by atoms with E-state index in [2.05, 4.69) is 4.30 Å². The summed E-state index contributed by atoms with van der Waals surface area (Å²) in [5.41, 5.74) is 0. The second-order valence-electron chi connectivity index (χ2n) is 0.877. The fourth-order valence-electron chi connectivity index (χ4n) is 0.129. The van der Waals surface area contributed by atoms with E-state index >= 15 is 0 Å². The summed E-state index contributed by atoms with van der Waals surface area (Å²) < 4.78 is 4.20. The highest BCUT2D eigenvalue weighted by Crippen LogP contribution is 1.63. The Bertz CT molecular complexity index is 32.5. The van der Waals surface area contributed by atoms with E-state index in [1.165, 1.54) is 0 Å². The smallest absolute Gasteiger partial charge is 0.120 e. The van der Waals surface area contributed by atoms with E-state index in [4.69, 9.17) is 0 Å². The van der Waals surface area contributed by atoms with Crippen LogP contribution in [-0.4, -0.2) is 26.6 Å².